The number of benzene rings is 1. The van der Waals surface area contributed by atoms with Gasteiger partial charge in [0.1, 0.15) is 0 Å². The number of thiocarbonyl (C=S) groups is 1. The first-order chi connectivity index (χ1) is 8.45. The smallest absolute Gasteiger partial charge is 0.235 e. The number of nitrogens with two attached hydrogens (primary N) is 1. The van der Waals surface area contributed by atoms with Gasteiger partial charge in [-0.1, -0.05) is 40.3 Å². The van der Waals surface area contributed by atoms with Crippen molar-refractivity contribution >= 4 is 39.0 Å². The molecule has 1 aliphatic carbocycles. The van der Waals surface area contributed by atoms with Crippen LogP contribution in [0.15, 0.2) is 28.7 Å². The third kappa shape index (κ3) is 2.57. The second kappa shape index (κ2) is 4.97. The molecule has 18 heavy (non-hydrogen) atoms. The van der Waals surface area contributed by atoms with E-state index in [1.807, 2.05) is 24.3 Å². The molecule has 0 aliphatic heterocycles. The molecule has 0 bridgehead atoms. The Morgan fingerprint density at radius 2 is 2.00 bits per heavy atom. The quantitative estimate of drug-likeness (QED) is 0.864. The minimum Gasteiger partial charge on any atom is -0.392 e. The minimum absolute atomic E-state index is 0.0397. The van der Waals surface area contributed by atoms with Crippen LogP contribution in [0.1, 0.15) is 18.4 Å². The molecule has 0 radical (unpaired) electrons. The Morgan fingerprint density at radius 3 is 2.44 bits per heavy atom. The average Bonchev–Trinajstić information content (AvgIpc) is 3.12. The lowest BCUT2D eigenvalue weighted by atomic mass is 10.1. The predicted octanol–water partition coefficient (Wildman–Crippen LogP) is 2.47. The summed E-state index contributed by atoms with van der Waals surface area (Å²) in [5.41, 5.74) is 6.20. The van der Waals surface area contributed by atoms with Gasteiger partial charge in [-0.25, -0.2) is 0 Å². The van der Waals surface area contributed by atoms with Gasteiger partial charge in [-0.15, -0.1) is 0 Å². The molecule has 0 saturated heterocycles. The van der Waals surface area contributed by atoms with E-state index < -0.39 is 5.41 Å². The Hall–Kier alpha value is -0.940. The maximum Gasteiger partial charge on any atom is 0.235 e. The van der Waals surface area contributed by atoms with Crippen LogP contribution < -0.4 is 5.73 Å². The third-order valence-corrected chi connectivity index (χ3v) is 4.23. The summed E-state index contributed by atoms with van der Waals surface area (Å²) in [5.74, 6) is 0.0397. The van der Waals surface area contributed by atoms with E-state index in [-0.39, 0.29) is 5.91 Å². The van der Waals surface area contributed by atoms with E-state index in [2.05, 4.69) is 15.9 Å². The van der Waals surface area contributed by atoms with Gasteiger partial charge in [-0.05, 0) is 30.5 Å². The fourth-order valence-electron chi connectivity index (χ4n) is 1.99. The highest BCUT2D eigenvalue weighted by atomic mass is 79.9. The van der Waals surface area contributed by atoms with Gasteiger partial charge < -0.3 is 10.6 Å². The number of halogens is 1. The van der Waals surface area contributed by atoms with Crippen molar-refractivity contribution in [2.24, 2.45) is 11.1 Å². The highest BCUT2D eigenvalue weighted by Gasteiger charge is 2.53. The van der Waals surface area contributed by atoms with Crippen LogP contribution in [-0.4, -0.2) is 22.8 Å². The molecule has 1 aromatic carbocycles. The van der Waals surface area contributed by atoms with Gasteiger partial charge in [-0.2, -0.15) is 0 Å². The molecule has 0 aromatic heterocycles. The molecule has 2 rings (SSSR count). The highest BCUT2D eigenvalue weighted by Crippen LogP contribution is 2.47. The van der Waals surface area contributed by atoms with Gasteiger partial charge in [0, 0.05) is 18.1 Å². The molecule has 2 N–H and O–H groups in total. The van der Waals surface area contributed by atoms with Crippen LogP contribution in [-0.2, 0) is 11.3 Å². The topological polar surface area (TPSA) is 46.3 Å². The van der Waals surface area contributed by atoms with Crippen molar-refractivity contribution < 1.29 is 4.79 Å². The first-order valence-electron chi connectivity index (χ1n) is 5.75. The lowest BCUT2D eigenvalue weighted by Gasteiger charge is -2.22. The number of amides is 1. The molecular weight excluding hydrogens is 312 g/mol. The Kier molecular flexibility index (Phi) is 3.73. The number of carbonyl (C=O) groups is 1. The van der Waals surface area contributed by atoms with Crippen molar-refractivity contribution in [1.82, 2.24) is 4.90 Å². The molecule has 0 unspecified atom stereocenters. The van der Waals surface area contributed by atoms with E-state index in [1.165, 1.54) is 0 Å². The monoisotopic (exact) mass is 326 g/mol. The lowest BCUT2D eigenvalue weighted by molar-refractivity contribution is -0.133. The molecule has 96 valence electrons. The second-order valence-corrected chi connectivity index (χ2v) is 6.09. The van der Waals surface area contributed by atoms with Crippen LogP contribution in [0, 0.1) is 5.41 Å². The summed E-state index contributed by atoms with van der Waals surface area (Å²) in [6, 6.07) is 7.92. The van der Waals surface area contributed by atoms with E-state index in [0.29, 0.717) is 11.5 Å². The van der Waals surface area contributed by atoms with Crippen LogP contribution in [0.3, 0.4) is 0 Å². The van der Waals surface area contributed by atoms with Crippen molar-refractivity contribution in [1.29, 1.82) is 0 Å². The summed E-state index contributed by atoms with van der Waals surface area (Å²) in [6.07, 6.45) is 1.57. The summed E-state index contributed by atoms with van der Waals surface area (Å²) in [6.45, 7) is 0.580. The predicted molar refractivity (Wildman–Crippen MR) is 79.1 cm³/mol. The Morgan fingerprint density at radius 1 is 1.44 bits per heavy atom. The second-order valence-electron chi connectivity index (χ2n) is 4.73. The van der Waals surface area contributed by atoms with Crippen molar-refractivity contribution in [2.45, 2.75) is 19.4 Å². The number of hydrogen-bond donors (Lipinski definition) is 1. The maximum atomic E-state index is 12.3. The van der Waals surface area contributed by atoms with Crippen LogP contribution >= 0.6 is 28.1 Å². The van der Waals surface area contributed by atoms with Crippen molar-refractivity contribution in [2.75, 3.05) is 7.05 Å². The molecule has 0 spiro atoms. The van der Waals surface area contributed by atoms with Crippen molar-refractivity contribution in [3.63, 3.8) is 0 Å². The largest absolute Gasteiger partial charge is 0.392 e. The fraction of sp³-hybridized carbons (Fsp3) is 0.385. The normalized spacial score (nSPS) is 16.1. The standard InChI is InChI=1S/C13H15BrN2OS/c1-16(8-9-2-4-10(14)5-3-9)12(17)13(6-7-13)11(15)18/h2-5H,6-8H2,1H3,(H2,15,18). The van der Waals surface area contributed by atoms with E-state index in [9.17, 15) is 4.79 Å². The van der Waals surface area contributed by atoms with E-state index in [1.54, 1.807) is 11.9 Å². The average molecular weight is 327 g/mol. The molecule has 5 heteroatoms. The maximum absolute atomic E-state index is 12.3. The van der Waals surface area contributed by atoms with Crippen LogP contribution in [0.2, 0.25) is 0 Å². The Labute approximate surface area is 120 Å². The van der Waals surface area contributed by atoms with E-state index in [0.717, 1.165) is 22.9 Å². The number of rotatable bonds is 4. The van der Waals surface area contributed by atoms with Crippen molar-refractivity contribution in [3.8, 4) is 0 Å². The van der Waals surface area contributed by atoms with Crippen LogP contribution in [0.4, 0.5) is 0 Å². The zero-order valence-electron chi connectivity index (χ0n) is 10.1. The summed E-state index contributed by atoms with van der Waals surface area (Å²) >= 11 is 8.38. The summed E-state index contributed by atoms with van der Waals surface area (Å²) in [4.78, 5) is 14.3. The molecular formula is C13H15BrN2OS. The zero-order valence-corrected chi connectivity index (χ0v) is 12.6. The van der Waals surface area contributed by atoms with Gasteiger partial charge in [0.25, 0.3) is 0 Å². The summed E-state index contributed by atoms with van der Waals surface area (Å²) in [5, 5.41) is 0. The summed E-state index contributed by atoms with van der Waals surface area (Å²) < 4.78 is 1.03. The molecule has 1 fully saturated rings. The number of nitrogens with zero attached hydrogens (tertiary/aromatic N) is 1. The van der Waals surface area contributed by atoms with Crippen molar-refractivity contribution in [3.05, 3.63) is 34.3 Å². The van der Waals surface area contributed by atoms with Gasteiger partial charge in [0.2, 0.25) is 5.91 Å². The first-order valence-corrected chi connectivity index (χ1v) is 6.96. The van der Waals surface area contributed by atoms with E-state index in [4.69, 9.17) is 18.0 Å². The van der Waals surface area contributed by atoms with Gasteiger partial charge in [-0.3, -0.25) is 4.79 Å². The Bertz CT molecular complexity index is 482. The van der Waals surface area contributed by atoms with Gasteiger partial charge in [0.05, 0.1) is 10.4 Å². The first kappa shape index (κ1) is 13.5. The fourth-order valence-corrected chi connectivity index (χ4v) is 2.55. The van der Waals surface area contributed by atoms with Gasteiger partial charge >= 0.3 is 0 Å². The molecule has 1 amide bonds. The third-order valence-electron chi connectivity index (χ3n) is 3.31. The van der Waals surface area contributed by atoms with Crippen LogP contribution in [0.5, 0.6) is 0 Å². The molecule has 1 saturated carbocycles. The minimum atomic E-state index is -0.556. The van der Waals surface area contributed by atoms with E-state index >= 15 is 0 Å². The lowest BCUT2D eigenvalue weighted by Crippen LogP contribution is -2.40. The molecule has 1 aliphatic rings. The van der Waals surface area contributed by atoms with Crippen LogP contribution in [0.25, 0.3) is 0 Å². The summed E-state index contributed by atoms with van der Waals surface area (Å²) in [7, 11) is 1.79. The number of hydrogen-bond acceptors (Lipinski definition) is 2. The molecule has 0 atom stereocenters. The zero-order chi connectivity index (χ0) is 13.3. The van der Waals surface area contributed by atoms with Gasteiger partial charge in [0.15, 0.2) is 0 Å². The highest BCUT2D eigenvalue weighted by molar-refractivity contribution is 9.10. The SMILES string of the molecule is CN(Cc1ccc(Br)cc1)C(=O)C1(C(N)=S)CC1. The molecule has 3 nitrogen and oxygen atoms in total. The molecule has 1 aromatic rings. The number of carbonyl (C=O) groups excluding carboxylic acids is 1. The molecule has 0 heterocycles. The Balaban J connectivity index is 2.04.